The van der Waals surface area contributed by atoms with Crippen molar-refractivity contribution in [1.82, 2.24) is 14.9 Å². The maximum Gasteiger partial charge on any atom is 0.286 e. The van der Waals surface area contributed by atoms with Gasteiger partial charge in [-0.25, -0.2) is 9.97 Å². The molecule has 0 spiro atoms. The molecule has 1 amide bonds. The number of likely N-dealkylation sites (tertiary alicyclic amines) is 1. The minimum atomic E-state index is -3.75. The third-order valence-corrected chi connectivity index (χ3v) is 6.66. The normalized spacial score (nSPS) is 20.7. The zero-order valence-corrected chi connectivity index (χ0v) is 18.1. The fraction of sp³-hybridized carbons (Fsp3) is 0.429. The van der Waals surface area contributed by atoms with Gasteiger partial charge in [-0.2, -0.15) is 8.42 Å². The molecule has 158 valence electrons. The summed E-state index contributed by atoms with van der Waals surface area (Å²) in [4.78, 5) is 23.6. The van der Waals surface area contributed by atoms with E-state index < -0.39 is 10.0 Å². The Morgan fingerprint density at radius 2 is 1.87 bits per heavy atom. The Bertz CT molecular complexity index is 1100. The standard InChI is InChI=1S/C21H25N5O3S/c1-21(2,3)20-22-11-15(12-23-20)19(27)26-10-6-7-14(13-26)18-24-16-8-4-5-9-17(16)30(28,29)25-18/h4-5,8-9,11-12,14H,6-7,10,13H2,1-3H3,(H,24,25)/t14-/m0/s1. The Labute approximate surface area is 176 Å². The lowest BCUT2D eigenvalue weighted by molar-refractivity contribution is 0.0702. The molecule has 0 bridgehead atoms. The zero-order chi connectivity index (χ0) is 21.5. The molecule has 1 fully saturated rings. The number of fused-ring (bicyclic) bond motifs is 1. The minimum Gasteiger partial charge on any atom is -0.342 e. The second-order valence-electron chi connectivity index (χ2n) is 8.71. The number of hydrogen-bond donors (Lipinski definition) is 1. The van der Waals surface area contributed by atoms with E-state index in [4.69, 9.17) is 0 Å². The lowest BCUT2D eigenvalue weighted by Gasteiger charge is -2.34. The van der Waals surface area contributed by atoms with Crippen LogP contribution in [-0.2, 0) is 15.4 Å². The van der Waals surface area contributed by atoms with Gasteiger partial charge in [0.15, 0.2) is 0 Å². The molecule has 1 saturated heterocycles. The highest BCUT2D eigenvalue weighted by molar-refractivity contribution is 7.90. The summed E-state index contributed by atoms with van der Waals surface area (Å²) in [5.74, 6) is 0.742. The number of sulfonamides is 1. The van der Waals surface area contributed by atoms with E-state index in [-0.39, 0.29) is 22.1 Å². The van der Waals surface area contributed by atoms with Crippen LogP contribution >= 0.6 is 0 Å². The van der Waals surface area contributed by atoms with Gasteiger partial charge in [0.25, 0.3) is 15.9 Å². The molecule has 9 heteroatoms. The maximum atomic E-state index is 13.0. The van der Waals surface area contributed by atoms with E-state index in [1.807, 2.05) is 20.8 Å². The van der Waals surface area contributed by atoms with Gasteiger partial charge in [-0.05, 0) is 25.0 Å². The Balaban J connectivity index is 1.53. The lowest BCUT2D eigenvalue weighted by Crippen LogP contribution is -2.44. The van der Waals surface area contributed by atoms with Crippen molar-refractivity contribution in [2.24, 2.45) is 10.3 Å². The van der Waals surface area contributed by atoms with Gasteiger partial charge < -0.3 is 10.2 Å². The summed E-state index contributed by atoms with van der Waals surface area (Å²) in [6.07, 6.45) is 4.65. The molecule has 1 N–H and O–H groups in total. The van der Waals surface area contributed by atoms with Crippen molar-refractivity contribution >= 4 is 27.5 Å². The molecule has 8 nitrogen and oxygen atoms in total. The second-order valence-corrected chi connectivity index (χ2v) is 10.3. The number of carbonyl (C=O) groups excluding carboxylic acids is 1. The first-order chi connectivity index (χ1) is 14.1. The van der Waals surface area contributed by atoms with Crippen LogP contribution in [0.15, 0.2) is 46.0 Å². The van der Waals surface area contributed by atoms with Crippen LogP contribution in [0.1, 0.15) is 49.8 Å². The third-order valence-electron chi connectivity index (χ3n) is 5.31. The maximum absolute atomic E-state index is 13.0. The van der Waals surface area contributed by atoms with Crippen LogP contribution in [0.5, 0.6) is 0 Å². The summed E-state index contributed by atoms with van der Waals surface area (Å²) < 4.78 is 29.1. The van der Waals surface area contributed by atoms with Gasteiger partial charge in [0.05, 0.1) is 11.3 Å². The molecule has 2 aliphatic heterocycles. The monoisotopic (exact) mass is 427 g/mol. The number of benzene rings is 1. The van der Waals surface area contributed by atoms with Gasteiger partial charge in [0, 0.05) is 36.8 Å². The minimum absolute atomic E-state index is 0.153. The van der Waals surface area contributed by atoms with Crippen LogP contribution in [0.25, 0.3) is 0 Å². The number of para-hydroxylation sites is 1. The predicted octanol–water partition coefficient (Wildman–Crippen LogP) is 2.84. The third kappa shape index (κ3) is 3.94. The van der Waals surface area contributed by atoms with Gasteiger partial charge in [0.2, 0.25) is 0 Å². The molecule has 2 aliphatic rings. The highest BCUT2D eigenvalue weighted by Crippen LogP contribution is 2.30. The number of nitrogens with one attached hydrogen (secondary N) is 1. The summed E-state index contributed by atoms with van der Waals surface area (Å²) in [5.41, 5.74) is 0.766. The number of rotatable bonds is 2. The Morgan fingerprint density at radius 3 is 2.57 bits per heavy atom. The second kappa shape index (κ2) is 7.46. The van der Waals surface area contributed by atoms with E-state index in [0.29, 0.717) is 36.0 Å². The van der Waals surface area contributed by atoms with Crippen molar-refractivity contribution in [3.05, 3.63) is 48.0 Å². The van der Waals surface area contributed by atoms with Crippen molar-refractivity contribution in [3.8, 4) is 0 Å². The van der Waals surface area contributed by atoms with Crippen LogP contribution < -0.4 is 5.32 Å². The van der Waals surface area contributed by atoms with Crippen LogP contribution in [0.3, 0.4) is 0 Å². The van der Waals surface area contributed by atoms with Crippen LogP contribution in [-0.4, -0.2) is 48.1 Å². The van der Waals surface area contributed by atoms with Gasteiger partial charge in [0.1, 0.15) is 16.6 Å². The molecule has 30 heavy (non-hydrogen) atoms. The highest BCUT2D eigenvalue weighted by atomic mass is 32.2. The molecule has 4 rings (SSSR count). The summed E-state index contributed by atoms with van der Waals surface area (Å²) in [5, 5.41) is 3.15. The molecule has 0 aliphatic carbocycles. The molecule has 3 heterocycles. The summed E-state index contributed by atoms with van der Waals surface area (Å²) in [6, 6.07) is 6.71. The molecular formula is C21H25N5O3S. The number of anilines is 1. The van der Waals surface area contributed by atoms with Crippen molar-refractivity contribution in [2.75, 3.05) is 18.4 Å². The molecule has 0 radical (unpaired) electrons. The molecule has 2 aromatic rings. The molecule has 1 aromatic heterocycles. The number of carbonyl (C=O) groups is 1. The van der Waals surface area contributed by atoms with E-state index in [0.717, 1.165) is 12.8 Å². The predicted molar refractivity (Wildman–Crippen MR) is 114 cm³/mol. The van der Waals surface area contributed by atoms with E-state index in [2.05, 4.69) is 19.7 Å². The number of amides is 1. The van der Waals surface area contributed by atoms with Gasteiger partial charge >= 0.3 is 0 Å². The quantitative estimate of drug-likeness (QED) is 0.790. The van der Waals surface area contributed by atoms with Crippen molar-refractivity contribution in [1.29, 1.82) is 0 Å². The molecule has 0 saturated carbocycles. The van der Waals surface area contributed by atoms with Crippen LogP contribution in [0.4, 0.5) is 5.69 Å². The Morgan fingerprint density at radius 1 is 1.17 bits per heavy atom. The SMILES string of the molecule is CC(C)(C)c1ncc(C(=O)N2CCC[C@H](C3=NS(=O)(=O)c4ccccc4N3)C2)cn1. The van der Waals surface area contributed by atoms with Crippen LogP contribution in [0, 0.1) is 5.92 Å². The van der Waals surface area contributed by atoms with E-state index in [1.165, 1.54) is 6.07 Å². The van der Waals surface area contributed by atoms with Crippen molar-refractivity contribution in [3.63, 3.8) is 0 Å². The fourth-order valence-electron chi connectivity index (χ4n) is 3.70. The Kier molecular flexibility index (Phi) is 5.09. The molecular weight excluding hydrogens is 402 g/mol. The first kappa shape index (κ1) is 20.5. The molecule has 0 unspecified atom stereocenters. The number of piperidine rings is 1. The molecule has 1 atom stereocenters. The average molecular weight is 428 g/mol. The summed E-state index contributed by atoms with van der Waals surface area (Å²) in [6.45, 7) is 7.05. The average Bonchev–Trinajstić information content (AvgIpc) is 2.72. The van der Waals surface area contributed by atoms with Gasteiger partial charge in [-0.1, -0.05) is 32.9 Å². The van der Waals surface area contributed by atoms with Crippen LogP contribution in [0.2, 0.25) is 0 Å². The van der Waals surface area contributed by atoms with E-state index >= 15 is 0 Å². The lowest BCUT2D eigenvalue weighted by atomic mass is 9.95. The summed E-state index contributed by atoms with van der Waals surface area (Å²) in [7, 11) is -3.75. The molecule has 1 aromatic carbocycles. The number of aromatic nitrogens is 2. The Hall–Kier alpha value is -2.81. The highest BCUT2D eigenvalue weighted by Gasteiger charge is 2.33. The van der Waals surface area contributed by atoms with Crippen molar-refractivity contribution < 1.29 is 13.2 Å². The number of amidine groups is 1. The number of nitrogens with zero attached hydrogens (tertiary/aromatic N) is 4. The topological polar surface area (TPSA) is 105 Å². The smallest absolute Gasteiger partial charge is 0.286 e. The number of hydrogen-bond acceptors (Lipinski definition) is 6. The largest absolute Gasteiger partial charge is 0.342 e. The van der Waals surface area contributed by atoms with E-state index in [1.54, 1.807) is 35.5 Å². The zero-order valence-electron chi connectivity index (χ0n) is 17.3. The first-order valence-corrected chi connectivity index (χ1v) is 11.4. The van der Waals surface area contributed by atoms with Gasteiger partial charge in [-0.15, -0.1) is 4.40 Å². The first-order valence-electron chi connectivity index (χ1n) is 9.98. The van der Waals surface area contributed by atoms with E-state index in [9.17, 15) is 13.2 Å². The fourth-order valence-corrected chi connectivity index (χ4v) is 4.90. The summed E-state index contributed by atoms with van der Waals surface area (Å²) >= 11 is 0. The van der Waals surface area contributed by atoms with Crippen molar-refractivity contribution in [2.45, 2.75) is 43.9 Å². The van der Waals surface area contributed by atoms with Gasteiger partial charge in [-0.3, -0.25) is 4.79 Å².